The molecule has 1 amide bonds. The molecule has 2 N–H and O–H groups in total. The largest absolute Gasteiger partial charge is 0.466 e. The molecule has 0 bridgehead atoms. The number of hydrogen-bond acceptors (Lipinski definition) is 5. The molecule has 1 saturated carbocycles. The number of carbonyl (C=O) groups excluding carboxylic acids is 2. The van der Waals surface area contributed by atoms with E-state index in [2.05, 4.69) is 10.1 Å². The predicted molar refractivity (Wildman–Crippen MR) is 85.4 cm³/mol. The highest BCUT2D eigenvalue weighted by Gasteiger charge is 2.47. The third kappa shape index (κ3) is 3.19. The number of aliphatic hydroxyl groups is 1. The van der Waals surface area contributed by atoms with Crippen LogP contribution in [-0.4, -0.2) is 30.6 Å². The van der Waals surface area contributed by atoms with Crippen molar-refractivity contribution in [2.45, 2.75) is 18.4 Å². The minimum Gasteiger partial charge on any atom is -0.466 e. The van der Waals surface area contributed by atoms with Crippen molar-refractivity contribution in [1.82, 2.24) is 5.32 Å². The van der Waals surface area contributed by atoms with Crippen molar-refractivity contribution in [3.05, 3.63) is 59.5 Å². The molecule has 6 nitrogen and oxygen atoms in total. The SMILES string of the molecule is COC(=O)c1ccc(C(=O)NC[C@@](O)(c2ccco2)C2CC2)cc1. The van der Waals surface area contributed by atoms with Crippen molar-refractivity contribution in [2.75, 3.05) is 13.7 Å². The van der Waals surface area contributed by atoms with Gasteiger partial charge in [-0.25, -0.2) is 4.79 Å². The first-order valence-electron chi connectivity index (χ1n) is 7.77. The maximum atomic E-state index is 12.3. The lowest BCUT2D eigenvalue weighted by molar-refractivity contribution is -0.00610. The van der Waals surface area contributed by atoms with Gasteiger partial charge in [-0.1, -0.05) is 0 Å². The molecule has 1 aliphatic carbocycles. The molecule has 0 radical (unpaired) electrons. The van der Waals surface area contributed by atoms with Gasteiger partial charge in [0.05, 0.1) is 25.5 Å². The number of nitrogens with one attached hydrogen (secondary N) is 1. The average molecular weight is 329 g/mol. The van der Waals surface area contributed by atoms with Gasteiger partial charge in [0.15, 0.2) is 0 Å². The number of esters is 1. The third-order valence-corrected chi connectivity index (χ3v) is 4.29. The second kappa shape index (κ2) is 6.49. The van der Waals surface area contributed by atoms with Crippen LogP contribution in [0.4, 0.5) is 0 Å². The van der Waals surface area contributed by atoms with Gasteiger partial charge in [0, 0.05) is 5.56 Å². The Labute approximate surface area is 139 Å². The zero-order valence-electron chi connectivity index (χ0n) is 13.3. The topological polar surface area (TPSA) is 88.8 Å². The number of hydrogen-bond donors (Lipinski definition) is 2. The first-order valence-corrected chi connectivity index (χ1v) is 7.77. The Morgan fingerprint density at radius 1 is 1.25 bits per heavy atom. The smallest absolute Gasteiger partial charge is 0.337 e. The molecule has 1 aromatic carbocycles. The Morgan fingerprint density at radius 3 is 2.46 bits per heavy atom. The predicted octanol–water partition coefficient (Wildman–Crippen LogP) is 2.09. The van der Waals surface area contributed by atoms with Crippen molar-refractivity contribution >= 4 is 11.9 Å². The summed E-state index contributed by atoms with van der Waals surface area (Å²) in [6.07, 6.45) is 3.32. The quantitative estimate of drug-likeness (QED) is 0.792. The summed E-state index contributed by atoms with van der Waals surface area (Å²) in [5.74, 6) is -0.225. The molecule has 2 aromatic rings. The standard InChI is InChI=1S/C18H19NO5/c1-23-17(21)13-6-4-12(5-7-13)16(20)19-11-18(22,14-8-9-14)15-3-2-10-24-15/h2-7,10,14,22H,8-9,11H2,1H3,(H,19,20)/t18-/m0/s1. The molecule has 126 valence electrons. The average Bonchev–Trinajstić information content (AvgIpc) is 3.33. The molecule has 1 aliphatic rings. The first kappa shape index (κ1) is 16.3. The van der Waals surface area contributed by atoms with E-state index in [0.29, 0.717) is 16.9 Å². The lowest BCUT2D eigenvalue weighted by Crippen LogP contribution is -2.42. The van der Waals surface area contributed by atoms with Crippen molar-refractivity contribution in [2.24, 2.45) is 5.92 Å². The van der Waals surface area contributed by atoms with Crippen molar-refractivity contribution in [1.29, 1.82) is 0 Å². The lowest BCUT2D eigenvalue weighted by atomic mass is 9.94. The number of methoxy groups -OCH3 is 1. The van der Waals surface area contributed by atoms with Gasteiger partial charge in [-0.3, -0.25) is 4.79 Å². The van der Waals surface area contributed by atoms with Crippen molar-refractivity contribution < 1.29 is 23.8 Å². The van der Waals surface area contributed by atoms with Crippen LogP contribution in [0.2, 0.25) is 0 Å². The number of furan rings is 1. The summed E-state index contributed by atoms with van der Waals surface area (Å²) >= 11 is 0. The van der Waals surface area contributed by atoms with Crippen LogP contribution in [-0.2, 0) is 10.3 Å². The van der Waals surface area contributed by atoms with E-state index in [0.717, 1.165) is 12.8 Å². The Bertz CT molecular complexity index is 718. The summed E-state index contributed by atoms with van der Waals surface area (Å²) in [6.45, 7) is 0.0722. The van der Waals surface area contributed by atoms with Crippen LogP contribution in [0.15, 0.2) is 47.1 Å². The molecular formula is C18H19NO5. The molecular weight excluding hydrogens is 310 g/mol. The Balaban J connectivity index is 1.67. The fourth-order valence-corrected chi connectivity index (χ4v) is 2.71. The van der Waals surface area contributed by atoms with Crippen LogP contribution >= 0.6 is 0 Å². The molecule has 0 aliphatic heterocycles. The summed E-state index contributed by atoms with van der Waals surface area (Å²) < 4.78 is 9.96. The lowest BCUT2D eigenvalue weighted by Gasteiger charge is -2.26. The molecule has 0 saturated heterocycles. The van der Waals surface area contributed by atoms with Crippen LogP contribution < -0.4 is 5.32 Å². The number of carbonyl (C=O) groups is 2. The van der Waals surface area contributed by atoms with Crippen molar-refractivity contribution in [3.8, 4) is 0 Å². The Morgan fingerprint density at radius 2 is 1.92 bits per heavy atom. The Hall–Kier alpha value is -2.60. The van der Waals surface area contributed by atoms with Gasteiger partial charge < -0.3 is 19.6 Å². The molecule has 3 rings (SSSR count). The molecule has 1 heterocycles. The van der Waals surface area contributed by atoms with Gasteiger partial charge in [-0.2, -0.15) is 0 Å². The number of benzene rings is 1. The van der Waals surface area contributed by atoms with Crippen molar-refractivity contribution in [3.63, 3.8) is 0 Å². The first-order chi connectivity index (χ1) is 11.5. The second-order valence-corrected chi connectivity index (χ2v) is 5.93. The van der Waals surface area contributed by atoms with E-state index in [1.807, 2.05) is 0 Å². The summed E-state index contributed by atoms with van der Waals surface area (Å²) in [5.41, 5.74) is -0.412. The number of ether oxygens (including phenoxy) is 1. The molecule has 0 spiro atoms. The minimum atomic E-state index is -1.19. The summed E-state index contributed by atoms with van der Waals surface area (Å²) in [5, 5.41) is 13.6. The van der Waals surface area contributed by atoms with E-state index in [1.165, 1.54) is 25.5 Å². The molecule has 6 heteroatoms. The summed E-state index contributed by atoms with van der Waals surface area (Å²) in [7, 11) is 1.30. The number of rotatable bonds is 6. The van der Waals surface area contributed by atoms with E-state index < -0.39 is 11.6 Å². The third-order valence-electron chi connectivity index (χ3n) is 4.29. The molecule has 1 fully saturated rings. The van der Waals surface area contributed by atoms with Gasteiger partial charge in [0.25, 0.3) is 5.91 Å². The van der Waals surface area contributed by atoms with E-state index in [-0.39, 0.29) is 18.4 Å². The molecule has 24 heavy (non-hydrogen) atoms. The van der Waals surface area contributed by atoms with Crippen LogP contribution in [0.1, 0.15) is 39.3 Å². The van der Waals surface area contributed by atoms with E-state index in [9.17, 15) is 14.7 Å². The highest BCUT2D eigenvalue weighted by atomic mass is 16.5. The monoisotopic (exact) mass is 329 g/mol. The Kier molecular flexibility index (Phi) is 4.40. The van der Waals surface area contributed by atoms with Crippen LogP contribution in [0, 0.1) is 5.92 Å². The number of amides is 1. The fourth-order valence-electron chi connectivity index (χ4n) is 2.71. The zero-order valence-corrected chi connectivity index (χ0v) is 13.3. The second-order valence-electron chi connectivity index (χ2n) is 5.93. The molecule has 0 unspecified atom stereocenters. The fraction of sp³-hybridized carbons (Fsp3) is 0.333. The minimum absolute atomic E-state index is 0.0722. The van der Waals surface area contributed by atoms with E-state index in [1.54, 1.807) is 24.3 Å². The van der Waals surface area contributed by atoms with Gasteiger partial charge in [-0.05, 0) is 55.2 Å². The highest BCUT2D eigenvalue weighted by molar-refractivity contribution is 5.96. The van der Waals surface area contributed by atoms with Crippen LogP contribution in [0.5, 0.6) is 0 Å². The normalized spacial score (nSPS) is 16.2. The van der Waals surface area contributed by atoms with Gasteiger partial charge in [0.2, 0.25) is 0 Å². The zero-order chi connectivity index (χ0) is 17.2. The molecule has 1 atom stereocenters. The summed E-state index contributed by atoms with van der Waals surface area (Å²) in [4.78, 5) is 23.7. The van der Waals surface area contributed by atoms with E-state index in [4.69, 9.17) is 4.42 Å². The highest BCUT2D eigenvalue weighted by Crippen LogP contribution is 2.45. The summed E-state index contributed by atoms with van der Waals surface area (Å²) in [6, 6.07) is 9.59. The maximum Gasteiger partial charge on any atom is 0.337 e. The molecule has 1 aromatic heterocycles. The van der Waals surface area contributed by atoms with Crippen LogP contribution in [0.25, 0.3) is 0 Å². The van der Waals surface area contributed by atoms with Gasteiger partial charge in [0.1, 0.15) is 11.4 Å². The van der Waals surface area contributed by atoms with Gasteiger partial charge in [-0.15, -0.1) is 0 Å². The van der Waals surface area contributed by atoms with E-state index >= 15 is 0 Å². The van der Waals surface area contributed by atoms with Crippen LogP contribution in [0.3, 0.4) is 0 Å². The maximum absolute atomic E-state index is 12.3. The van der Waals surface area contributed by atoms with Gasteiger partial charge >= 0.3 is 5.97 Å².